The number of nitrogens with zero attached hydrogens (tertiary/aromatic N) is 2. The molecule has 20 heavy (non-hydrogen) atoms. The van der Waals surface area contributed by atoms with Crippen molar-refractivity contribution >= 4 is 5.91 Å². The number of hydrogen-bond acceptors (Lipinski definition) is 5. The van der Waals surface area contributed by atoms with Gasteiger partial charge in [-0.2, -0.15) is 0 Å². The van der Waals surface area contributed by atoms with E-state index in [-0.39, 0.29) is 11.6 Å². The number of benzene rings is 1. The number of carbonyl (C=O) groups is 1. The molecule has 0 bridgehead atoms. The van der Waals surface area contributed by atoms with Gasteiger partial charge in [0.05, 0.1) is 14.2 Å². The normalized spacial score (nSPS) is 9.90. The predicted octanol–water partition coefficient (Wildman–Crippen LogP) is 1.42. The van der Waals surface area contributed by atoms with Crippen molar-refractivity contribution in [1.29, 1.82) is 0 Å². The molecule has 0 fully saturated rings. The lowest BCUT2D eigenvalue weighted by Gasteiger charge is -2.06. The Kier molecular flexibility index (Phi) is 4.49. The van der Waals surface area contributed by atoms with Gasteiger partial charge < -0.3 is 14.8 Å². The van der Waals surface area contributed by atoms with E-state index in [2.05, 4.69) is 15.5 Å². The van der Waals surface area contributed by atoms with Gasteiger partial charge in [0.2, 0.25) is 5.88 Å². The molecule has 6 heteroatoms. The van der Waals surface area contributed by atoms with Gasteiger partial charge in [-0.1, -0.05) is 12.1 Å². The van der Waals surface area contributed by atoms with Crippen LogP contribution in [-0.2, 0) is 6.54 Å². The third kappa shape index (κ3) is 3.44. The number of aromatic nitrogens is 2. The van der Waals surface area contributed by atoms with Crippen molar-refractivity contribution in [3.05, 3.63) is 47.7 Å². The van der Waals surface area contributed by atoms with Crippen molar-refractivity contribution in [3.8, 4) is 11.6 Å². The molecule has 2 rings (SSSR count). The molecule has 0 saturated carbocycles. The van der Waals surface area contributed by atoms with Gasteiger partial charge in [0.15, 0.2) is 5.69 Å². The van der Waals surface area contributed by atoms with E-state index >= 15 is 0 Å². The van der Waals surface area contributed by atoms with Gasteiger partial charge in [0.1, 0.15) is 5.75 Å². The fraction of sp³-hybridized carbons (Fsp3) is 0.214. The highest BCUT2D eigenvalue weighted by atomic mass is 16.5. The van der Waals surface area contributed by atoms with Crippen LogP contribution in [-0.4, -0.2) is 30.3 Å². The minimum absolute atomic E-state index is 0.244. The number of nitrogens with one attached hydrogen (secondary N) is 1. The summed E-state index contributed by atoms with van der Waals surface area (Å²) in [4.78, 5) is 11.9. The highest BCUT2D eigenvalue weighted by Crippen LogP contribution is 2.12. The topological polar surface area (TPSA) is 73.3 Å². The maximum absolute atomic E-state index is 11.9. The van der Waals surface area contributed by atoms with Gasteiger partial charge in [-0.05, 0) is 23.8 Å². The van der Waals surface area contributed by atoms with Crippen LogP contribution in [0.25, 0.3) is 0 Å². The van der Waals surface area contributed by atoms with E-state index in [1.165, 1.54) is 7.11 Å². The molecule has 0 atom stereocenters. The van der Waals surface area contributed by atoms with Crippen LogP contribution in [0.2, 0.25) is 0 Å². The molecule has 104 valence electrons. The molecule has 0 aliphatic carbocycles. The van der Waals surface area contributed by atoms with Gasteiger partial charge in [-0.25, -0.2) is 0 Å². The third-order valence-corrected chi connectivity index (χ3v) is 2.67. The van der Waals surface area contributed by atoms with E-state index in [1.54, 1.807) is 19.2 Å². The van der Waals surface area contributed by atoms with Crippen LogP contribution in [0.4, 0.5) is 0 Å². The molecular formula is C14H15N3O3. The number of carbonyl (C=O) groups excluding carboxylic acids is 1. The third-order valence-electron chi connectivity index (χ3n) is 2.67. The second-order valence-corrected chi connectivity index (χ2v) is 4.00. The molecule has 0 saturated heterocycles. The molecule has 0 spiro atoms. The second kappa shape index (κ2) is 6.51. The molecule has 2 aromatic rings. The van der Waals surface area contributed by atoms with Gasteiger partial charge in [-0.3, -0.25) is 4.79 Å². The molecule has 0 radical (unpaired) electrons. The number of hydrogen-bond donors (Lipinski definition) is 1. The van der Waals surface area contributed by atoms with Crippen LogP contribution >= 0.6 is 0 Å². The zero-order valence-corrected chi connectivity index (χ0v) is 11.3. The van der Waals surface area contributed by atoms with Gasteiger partial charge in [0.25, 0.3) is 5.91 Å². The Morgan fingerprint density at radius 1 is 1.15 bits per heavy atom. The van der Waals surface area contributed by atoms with Crippen LogP contribution in [0.1, 0.15) is 16.1 Å². The van der Waals surface area contributed by atoms with E-state index in [9.17, 15) is 4.79 Å². The van der Waals surface area contributed by atoms with Crippen LogP contribution in [0, 0.1) is 0 Å². The van der Waals surface area contributed by atoms with Crippen molar-refractivity contribution in [1.82, 2.24) is 15.5 Å². The van der Waals surface area contributed by atoms with Crippen molar-refractivity contribution in [2.24, 2.45) is 0 Å². The zero-order chi connectivity index (χ0) is 14.4. The summed E-state index contributed by atoms with van der Waals surface area (Å²) < 4.78 is 10.0. The number of amides is 1. The molecule has 0 aliphatic heterocycles. The lowest BCUT2D eigenvalue weighted by atomic mass is 10.2. The summed E-state index contributed by atoms with van der Waals surface area (Å²) in [7, 11) is 3.09. The summed E-state index contributed by atoms with van der Waals surface area (Å²) in [5, 5.41) is 10.3. The summed E-state index contributed by atoms with van der Waals surface area (Å²) in [6.07, 6.45) is 0. The van der Waals surface area contributed by atoms with Crippen molar-refractivity contribution in [3.63, 3.8) is 0 Å². The molecule has 0 unspecified atom stereocenters. The van der Waals surface area contributed by atoms with Gasteiger partial charge in [-0.15, -0.1) is 10.2 Å². The Bertz CT molecular complexity index is 584. The smallest absolute Gasteiger partial charge is 0.272 e. The highest BCUT2D eigenvalue weighted by molar-refractivity contribution is 5.92. The van der Waals surface area contributed by atoms with E-state index in [4.69, 9.17) is 9.47 Å². The van der Waals surface area contributed by atoms with Crippen molar-refractivity contribution in [2.75, 3.05) is 14.2 Å². The van der Waals surface area contributed by atoms with Gasteiger partial charge >= 0.3 is 0 Å². The molecule has 1 heterocycles. The average molecular weight is 273 g/mol. The van der Waals surface area contributed by atoms with Gasteiger partial charge in [0, 0.05) is 12.6 Å². The zero-order valence-electron chi connectivity index (χ0n) is 11.3. The molecule has 0 aliphatic rings. The monoisotopic (exact) mass is 273 g/mol. The standard InChI is InChI=1S/C14H15N3O3/c1-19-11-5-3-4-10(8-11)9-15-14(18)12-6-7-13(20-2)17-16-12/h3-8H,9H2,1-2H3,(H,15,18). The molecule has 1 amide bonds. The largest absolute Gasteiger partial charge is 0.497 e. The first-order valence-corrected chi connectivity index (χ1v) is 6.02. The summed E-state index contributed by atoms with van der Waals surface area (Å²) in [5.41, 5.74) is 1.19. The van der Waals surface area contributed by atoms with E-state index in [0.29, 0.717) is 12.4 Å². The first kappa shape index (κ1) is 13.8. The summed E-state index contributed by atoms with van der Waals surface area (Å²) in [6.45, 7) is 0.393. The van der Waals surface area contributed by atoms with Crippen molar-refractivity contribution < 1.29 is 14.3 Å². The summed E-state index contributed by atoms with van der Waals surface area (Å²) in [6, 6.07) is 10.6. The minimum Gasteiger partial charge on any atom is -0.497 e. The van der Waals surface area contributed by atoms with E-state index in [0.717, 1.165) is 11.3 Å². The average Bonchev–Trinajstić information content (AvgIpc) is 2.53. The molecule has 1 aromatic carbocycles. The number of rotatable bonds is 5. The second-order valence-electron chi connectivity index (χ2n) is 4.00. The quantitative estimate of drug-likeness (QED) is 0.892. The first-order chi connectivity index (χ1) is 9.72. The first-order valence-electron chi connectivity index (χ1n) is 6.02. The Morgan fingerprint density at radius 3 is 2.65 bits per heavy atom. The Morgan fingerprint density at radius 2 is 2.00 bits per heavy atom. The molecule has 6 nitrogen and oxygen atoms in total. The SMILES string of the molecule is COc1cccc(CNC(=O)c2ccc(OC)nn2)c1. The van der Waals surface area contributed by atoms with Crippen LogP contribution in [0.5, 0.6) is 11.6 Å². The maximum Gasteiger partial charge on any atom is 0.272 e. The fourth-order valence-corrected chi connectivity index (χ4v) is 1.61. The Balaban J connectivity index is 1.97. The van der Waals surface area contributed by atoms with Crippen LogP contribution < -0.4 is 14.8 Å². The lowest BCUT2D eigenvalue weighted by molar-refractivity contribution is 0.0944. The van der Waals surface area contributed by atoms with Crippen LogP contribution in [0.15, 0.2) is 36.4 Å². The Labute approximate surface area is 116 Å². The molecular weight excluding hydrogens is 258 g/mol. The number of ether oxygens (including phenoxy) is 2. The number of methoxy groups -OCH3 is 2. The lowest BCUT2D eigenvalue weighted by Crippen LogP contribution is -2.24. The fourth-order valence-electron chi connectivity index (χ4n) is 1.61. The summed E-state index contributed by atoms with van der Waals surface area (Å²) >= 11 is 0. The predicted molar refractivity (Wildman–Crippen MR) is 72.7 cm³/mol. The summed E-state index contributed by atoms with van der Waals surface area (Å²) in [5.74, 6) is 0.832. The van der Waals surface area contributed by atoms with Crippen molar-refractivity contribution in [2.45, 2.75) is 6.54 Å². The highest BCUT2D eigenvalue weighted by Gasteiger charge is 2.08. The molecule has 1 aromatic heterocycles. The maximum atomic E-state index is 11.9. The minimum atomic E-state index is -0.289. The van der Waals surface area contributed by atoms with E-state index in [1.807, 2.05) is 24.3 Å². The van der Waals surface area contributed by atoms with Crippen LogP contribution in [0.3, 0.4) is 0 Å². The Hall–Kier alpha value is -2.63. The van der Waals surface area contributed by atoms with E-state index < -0.39 is 0 Å². The molecule has 1 N–H and O–H groups in total.